The fourth-order valence-electron chi connectivity index (χ4n) is 2.90. The van der Waals surface area contributed by atoms with Gasteiger partial charge in [-0.2, -0.15) is 0 Å². The number of benzene rings is 1. The van der Waals surface area contributed by atoms with Crippen LogP contribution < -0.4 is 0 Å². The topological polar surface area (TPSA) is 62.7 Å². The Morgan fingerprint density at radius 3 is 2.48 bits per heavy atom. The molecule has 0 saturated carbocycles. The maximum absolute atomic E-state index is 13.0. The van der Waals surface area contributed by atoms with E-state index in [0.29, 0.717) is 45.6 Å². The number of carbonyl (C=O) groups is 2. The summed E-state index contributed by atoms with van der Waals surface area (Å²) in [6.07, 6.45) is 0.638. The van der Waals surface area contributed by atoms with Gasteiger partial charge in [-0.1, -0.05) is 0 Å². The zero-order chi connectivity index (χ0) is 19.2. The van der Waals surface area contributed by atoms with Crippen molar-refractivity contribution in [1.82, 2.24) is 14.8 Å². The van der Waals surface area contributed by atoms with Crippen LogP contribution in [0.3, 0.4) is 0 Å². The van der Waals surface area contributed by atoms with Gasteiger partial charge in [0.05, 0.1) is 17.3 Å². The van der Waals surface area contributed by atoms with Crippen molar-refractivity contribution < 1.29 is 18.7 Å². The highest BCUT2D eigenvalue weighted by atomic mass is 32.1. The van der Waals surface area contributed by atoms with Gasteiger partial charge in [0.2, 0.25) is 5.91 Å². The van der Waals surface area contributed by atoms with Crippen LogP contribution in [0.25, 0.3) is 11.3 Å². The van der Waals surface area contributed by atoms with Gasteiger partial charge in [-0.3, -0.25) is 4.79 Å². The second kappa shape index (κ2) is 8.94. The lowest BCUT2D eigenvalue weighted by Gasteiger charge is -2.34. The van der Waals surface area contributed by atoms with E-state index in [1.54, 1.807) is 28.9 Å². The second-order valence-corrected chi connectivity index (χ2v) is 7.14. The van der Waals surface area contributed by atoms with Gasteiger partial charge in [0.15, 0.2) is 0 Å². The molecule has 3 rings (SSSR count). The molecular formula is C19H22FN3O3S. The average molecular weight is 391 g/mol. The van der Waals surface area contributed by atoms with Crippen molar-refractivity contribution in [3.8, 4) is 11.3 Å². The third-order valence-corrected chi connectivity index (χ3v) is 5.31. The number of hydrogen-bond acceptors (Lipinski definition) is 5. The Labute approximate surface area is 161 Å². The highest BCUT2D eigenvalue weighted by Gasteiger charge is 2.24. The highest BCUT2D eigenvalue weighted by Crippen LogP contribution is 2.23. The first kappa shape index (κ1) is 19.3. The molecule has 144 valence electrons. The zero-order valence-electron chi connectivity index (χ0n) is 15.2. The van der Waals surface area contributed by atoms with Crippen LogP contribution in [0.2, 0.25) is 0 Å². The van der Waals surface area contributed by atoms with Crippen molar-refractivity contribution in [2.24, 2.45) is 0 Å². The number of carbonyl (C=O) groups excluding carboxylic acids is 2. The van der Waals surface area contributed by atoms with Gasteiger partial charge in [0.1, 0.15) is 5.82 Å². The summed E-state index contributed by atoms with van der Waals surface area (Å²) >= 11 is 1.50. The number of thiazole rings is 1. The van der Waals surface area contributed by atoms with Crippen LogP contribution in [0.1, 0.15) is 18.4 Å². The normalized spacial score (nSPS) is 14.3. The Bertz CT molecular complexity index is 786. The first-order chi connectivity index (χ1) is 13.1. The summed E-state index contributed by atoms with van der Waals surface area (Å²) < 4.78 is 18.0. The molecule has 27 heavy (non-hydrogen) atoms. The number of aryl methyl sites for hydroxylation is 1. The van der Waals surface area contributed by atoms with E-state index in [1.165, 1.54) is 23.5 Å². The molecule has 8 heteroatoms. The molecule has 1 aliphatic heterocycles. The smallest absolute Gasteiger partial charge is 0.409 e. The SMILES string of the molecule is CCOC(=O)N1CCN(C(=O)CCc2nc(-c3ccc(F)cc3)cs2)CC1. The second-order valence-electron chi connectivity index (χ2n) is 6.20. The summed E-state index contributed by atoms with van der Waals surface area (Å²) in [4.78, 5) is 32.1. The van der Waals surface area contributed by atoms with Gasteiger partial charge >= 0.3 is 6.09 Å². The number of rotatable bonds is 5. The molecular weight excluding hydrogens is 369 g/mol. The van der Waals surface area contributed by atoms with Crippen LogP contribution in [0.5, 0.6) is 0 Å². The molecule has 1 aromatic heterocycles. The van der Waals surface area contributed by atoms with Gasteiger partial charge in [-0.05, 0) is 31.2 Å². The molecule has 0 spiro atoms. The fourth-order valence-corrected chi connectivity index (χ4v) is 3.71. The van der Waals surface area contributed by atoms with Gasteiger partial charge < -0.3 is 14.5 Å². The number of nitrogens with zero attached hydrogens (tertiary/aromatic N) is 3. The Morgan fingerprint density at radius 2 is 1.81 bits per heavy atom. The Morgan fingerprint density at radius 1 is 1.15 bits per heavy atom. The predicted molar refractivity (Wildman–Crippen MR) is 101 cm³/mol. The highest BCUT2D eigenvalue weighted by molar-refractivity contribution is 7.09. The van der Waals surface area contributed by atoms with Gasteiger partial charge in [0.25, 0.3) is 0 Å². The van der Waals surface area contributed by atoms with E-state index >= 15 is 0 Å². The van der Waals surface area contributed by atoms with Crippen LogP contribution in [-0.4, -0.2) is 59.6 Å². The average Bonchev–Trinajstić information content (AvgIpc) is 3.16. The van der Waals surface area contributed by atoms with Crippen LogP contribution in [0.15, 0.2) is 29.6 Å². The first-order valence-electron chi connectivity index (χ1n) is 8.96. The summed E-state index contributed by atoms with van der Waals surface area (Å²) in [5, 5.41) is 2.80. The molecule has 0 aliphatic carbocycles. The summed E-state index contributed by atoms with van der Waals surface area (Å²) in [7, 11) is 0. The standard InChI is InChI=1S/C19H22FN3O3S/c1-2-26-19(25)23-11-9-22(10-12-23)18(24)8-7-17-21-16(13-27-17)14-3-5-15(20)6-4-14/h3-6,13H,2,7-12H2,1H3. The summed E-state index contributed by atoms with van der Waals surface area (Å²) in [6.45, 7) is 4.17. The summed E-state index contributed by atoms with van der Waals surface area (Å²) in [5.41, 5.74) is 1.66. The van der Waals surface area contributed by atoms with Crippen molar-refractivity contribution in [2.45, 2.75) is 19.8 Å². The monoisotopic (exact) mass is 391 g/mol. The molecule has 2 heterocycles. The number of ether oxygens (including phenoxy) is 1. The van der Waals surface area contributed by atoms with Crippen molar-refractivity contribution in [3.05, 3.63) is 40.5 Å². The van der Waals surface area contributed by atoms with Crippen molar-refractivity contribution in [2.75, 3.05) is 32.8 Å². The van der Waals surface area contributed by atoms with E-state index in [2.05, 4.69) is 4.98 Å². The molecule has 1 saturated heterocycles. The van der Waals surface area contributed by atoms with Crippen LogP contribution >= 0.6 is 11.3 Å². The van der Waals surface area contributed by atoms with E-state index in [9.17, 15) is 14.0 Å². The number of aromatic nitrogens is 1. The van der Waals surface area contributed by atoms with Crippen LogP contribution in [0, 0.1) is 5.82 Å². The summed E-state index contributed by atoms with van der Waals surface area (Å²) in [6, 6.07) is 6.21. The molecule has 1 aromatic carbocycles. The van der Waals surface area contributed by atoms with Crippen LogP contribution in [-0.2, 0) is 16.0 Å². The third-order valence-electron chi connectivity index (χ3n) is 4.40. The predicted octanol–water partition coefficient (Wildman–Crippen LogP) is 3.18. The summed E-state index contributed by atoms with van der Waals surface area (Å²) in [5.74, 6) is -0.208. The molecule has 6 nitrogen and oxygen atoms in total. The quantitative estimate of drug-likeness (QED) is 0.785. The van der Waals surface area contributed by atoms with E-state index in [4.69, 9.17) is 4.74 Å². The molecule has 0 unspecified atom stereocenters. The Kier molecular flexibility index (Phi) is 6.39. The molecule has 0 radical (unpaired) electrons. The minimum absolute atomic E-state index is 0.0667. The number of hydrogen-bond donors (Lipinski definition) is 0. The third kappa shape index (κ3) is 5.03. The Balaban J connectivity index is 1.47. The lowest BCUT2D eigenvalue weighted by Crippen LogP contribution is -2.50. The first-order valence-corrected chi connectivity index (χ1v) is 9.84. The number of piperazine rings is 1. The van der Waals surface area contributed by atoms with Crippen molar-refractivity contribution in [3.63, 3.8) is 0 Å². The van der Waals surface area contributed by atoms with E-state index in [-0.39, 0.29) is 17.8 Å². The van der Waals surface area contributed by atoms with Crippen LogP contribution in [0.4, 0.5) is 9.18 Å². The minimum atomic E-state index is -0.319. The molecule has 2 amide bonds. The number of halogens is 1. The number of amides is 2. The molecule has 2 aromatic rings. The largest absolute Gasteiger partial charge is 0.450 e. The van der Waals surface area contributed by atoms with E-state index in [1.807, 2.05) is 5.38 Å². The maximum Gasteiger partial charge on any atom is 0.409 e. The molecule has 1 aliphatic rings. The molecule has 1 fully saturated rings. The van der Waals surface area contributed by atoms with Crippen molar-refractivity contribution in [1.29, 1.82) is 0 Å². The lowest BCUT2D eigenvalue weighted by atomic mass is 10.2. The van der Waals surface area contributed by atoms with E-state index < -0.39 is 0 Å². The fraction of sp³-hybridized carbons (Fsp3) is 0.421. The van der Waals surface area contributed by atoms with Crippen molar-refractivity contribution >= 4 is 23.3 Å². The van der Waals surface area contributed by atoms with Gasteiger partial charge in [-0.15, -0.1) is 11.3 Å². The Hall–Kier alpha value is -2.48. The molecule has 0 atom stereocenters. The van der Waals surface area contributed by atoms with Gasteiger partial charge in [-0.25, -0.2) is 14.2 Å². The minimum Gasteiger partial charge on any atom is -0.450 e. The lowest BCUT2D eigenvalue weighted by molar-refractivity contribution is -0.132. The van der Waals surface area contributed by atoms with E-state index in [0.717, 1.165) is 16.3 Å². The maximum atomic E-state index is 13.0. The van der Waals surface area contributed by atoms with Gasteiger partial charge in [0, 0.05) is 50.0 Å². The zero-order valence-corrected chi connectivity index (χ0v) is 16.0. The molecule has 0 bridgehead atoms. The molecule has 0 N–H and O–H groups in total.